The van der Waals surface area contributed by atoms with E-state index in [0.29, 0.717) is 17.4 Å². The molecule has 0 spiro atoms. The number of methoxy groups -OCH3 is 1. The summed E-state index contributed by atoms with van der Waals surface area (Å²) in [4.78, 5) is 0. The van der Waals surface area contributed by atoms with Crippen molar-refractivity contribution < 1.29 is 9.13 Å². The summed E-state index contributed by atoms with van der Waals surface area (Å²) in [6.07, 6.45) is 1.07. The van der Waals surface area contributed by atoms with Gasteiger partial charge in [0.1, 0.15) is 11.6 Å². The first-order chi connectivity index (χ1) is 8.26. The molecule has 0 saturated carbocycles. The van der Waals surface area contributed by atoms with Crippen molar-refractivity contribution in [3.8, 4) is 5.75 Å². The first kappa shape index (κ1) is 12.7. The predicted octanol–water partition coefficient (Wildman–Crippen LogP) is 2.99. The topological polar surface area (TPSA) is 21.3 Å². The second-order valence-electron chi connectivity index (χ2n) is 4.22. The molecule has 4 heteroatoms. The zero-order valence-corrected chi connectivity index (χ0v) is 11.0. The minimum absolute atomic E-state index is 0.0508. The fraction of sp³-hybridized carbons (Fsp3) is 0.538. The normalized spacial score (nSPS) is 24.6. The molecule has 0 aromatic heterocycles. The maximum atomic E-state index is 13.9. The SMILES string of the molecule is CCC1CSCC(c2c(F)cccc2OC)N1. The van der Waals surface area contributed by atoms with Crippen molar-refractivity contribution in [2.75, 3.05) is 18.6 Å². The van der Waals surface area contributed by atoms with Crippen LogP contribution in [0.2, 0.25) is 0 Å². The van der Waals surface area contributed by atoms with Crippen molar-refractivity contribution in [2.45, 2.75) is 25.4 Å². The molecule has 2 rings (SSSR count). The summed E-state index contributed by atoms with van der Waals surface area (Å²) in [5.41, 5.74) is 0.667. The van der Waals surface area contributed by atoms with Crippen LogP contribution in [0, 0.1) is 5.82 Å². The lowest BCUT2D eigenvalue weighted by Gasteiger charge is -2.31. The van der Waals surface area contributed by atoms with Crippen LogP contribution in [0.15, 0.2) is 18.2 Å². The zero-order chi connectivity index (χ0) is 12.3. The van der Waals surface area contributed by atoms with E-state index in [2.05, 4.69) is 12.2 Å². The molecular weight excluding hydrogens is 237 g/mol. The molecule has 1 saturated heterocycles. The minimum atomic E-state index is -0.181. The molecule has 0 amide bonds. The highest BCUT2D eigenvalue weighted by molar-refractivity contribution is 7.99. The van der Waals surface area contributed by atoms with Crippen molar-refractivity contribution >= 4 is 11.8 Å². The summed E-state index contributed by atoms with van der Waals surface area (Å²) in [6, 6.07) is 5.52. The van der Waals surface area contributed by atoms with E-state index in [0.717, 1.165) is 17.9 Å². The number of hydrogen-bond donors (Lipinski definition) is 1. The Labute approximate surface area is 106 Å². The molecule has 17 heavy (non-hydrogen) atoms. The Hall–Kier alpha value is -0.740. The fourth-order valence-corrected chi connectivity index (χ4v) is 3.40. The Balaban J connectivity index is 2.26. The molecule has 1 N–H and O–H groups in total. The van der Waals surface area contributed by atoms with Crippen LogP contribution in [0.3, 0.4) is 0 Å². The summed E-state index contributed by atoms with van der Waals surface area (Å²) >= 11 is 1.87. The smallest absolute Gasteiger partial charge is 0.131 e. The summed E-state index contributed by atoms with van der Waals surface area (Å²) in [6.45, 7) is 2.15. The fourth-order valence-electron chi connectivity index (χ4n) is 2.14. The predicted molar refractivity (Wildman–Crippen MR) is 70.2 cm³/mol. The van der Waals surface area contributed by atoms with Gasteiger partial charge >= 0.3 is 0 Å². The highest BCUT2D eigenvalue weighted by Crippen LogP contribution is 2.33. The van der Waals surface area contributed by atoms with Gasteiger partial charge in [-0.1, -0.05) is 13.0 Å². The van der Waals surface area contributed by atoms with Crippen molar-refractivity contribution in [3.63, 3.8) is 0 Å². The second kappa shape index (κ2) is 5.74. The number of halogens is 1. The van der Waals surface area contributed by atoms with Crippen LogP contribution in [0.5, 0.6) is 5.75 Å². The molecule has 1 fully saturated rings. The van der Waals surface area contributed by atoms with Crippen LogP contribution in [0.4, 0.5) is 4.39 Å². The summed E-state index contributed by atoms with van der Waals surface area (Å²) < 4.78 is 19.2. The summed E-state index contributed by atoms with van der Waals surface area (Å²) in [7, 11) is 1.59. The van der Waals surface area contributed by atoms with E-state index in [1.165, 1.54) is 6.07 Å². The second-order valence-corrected chi connectivity index (χ2v) is 5.29. The molecule has 0 radical (unpaired) electrons. The van der Waals surface area contributed by atoms with E-state index in [-0.39, 0.29) is 11.9 Å². The number of thioether (sulfide) groups is 1. The largest absolute Gasteiger partial charge is 0.496 e. The maximum Gasteiger partial charge on any atom is 0.131 e. The quantitative estimate of drug-likeness (QED) is 0.897. The van der Waals surface area contributed by atoms with E-state index in [1.54, 1.807) is 13.2 Å². The molecule has 2 nitrogen and oxygen atoms in total. The van der Waals surface area contributed by atoms with Crippen LogP contribution >= 0.6 is 11.8 Å². The van der Waals surface area contributed by atoms with Gasteiger partial charge < -0.3 is 10.1 Å². The zero-order valence-electron chi connectivity index (χ0n) is 10.2. The van der Waals surface area contributed by atoms with Crippen LogP contribution < -0.4 is 10.1 Å². The third-order valence-electron chi connectivity index (χ3n) is 3.11. The Morgan fingerprint density at radius 3 is 3.00 bits per heavy atom. The Morgan fingerprint density at radius 2 is 2.29 bits per heavy atom. The summed E-state index contributed by atoms with van der Waals surface area (Å²) in [5, 5.41) is 3.49. The number of rotatable bonds is 3. The lowest BCUT2D eigenvalue weighted by atomic mass is 10.0. The molecule has 94 valence electrons. The molecular formula is C13H18FNOS. The molecule has 1 aliphatic rings. The van der Waals surface area contributed by atoms with Crippen molar-refractivity contribution in [3.05, 3.63) is 29.6 Å². The highest BCUT2D eigenvalue weighted by atomic mass is 32.2. The molecule has 1 heterocycles. The van der Waals surface area contributed by atoms with Gasteiger partial charge in [0.05, 0.1) is 7.11 Å². The molecule has 1 aliphatic heterocycles. The maximum absolute atomic E-state index is 13.9. The lowest BCUT2D eigenvalue weighted by Crippen LogP contribution is -2.40. The number of hydrogen-bond acceptors (Lipinski definition) is 3. The first-order valence-electron chi connectivity index (χ1n) is 5.92. The molecule has 0 aliphatic carbocycles. The van der Waals surface area contributed by atoms with Gasteiger partial charge in [-0.25, -0.2) is 4.39 Å². The van der Waals surface area contributed by atoms with Crippen LogP contribution in [-0.4, -0.2) is 24.7 Å². The lowest BCUT2D eigenvalue weighted by molar-refractivity contribution is 0.384. The molecule has 0 bridgehead atoms. The highest BCUT2D eigenvalue weighted by Gasteiger charge is 2.26. The van der Waals surface area contributed by atoms with Crippen molar-refractivity contribution in [1.29, 1.82) is 0 Å². The van der Waals surface area contributed by atoms with Crippen LogP contribution in [0.1, 0.15) is 24.9 Å². The summed E-state index contributed by atoms with van der Waals surface area (Å²) in [5.74, 6) is 2.46. The number of ether oxygens (including phenoxy) is 1. The monoisotopic (exact) mass is 255 g/mol. The van der Waals surface area contributed by atoms with Gasteiger partial charge in [0.25, 0.3) is 0 Å². The molecule has 2 unspecified atom stereocenters. The van der Waals surface area contributed by atoms with Gasteiger partial charge in [-0.2, -0.15) is 11.8 Å². The Kier molecular flexibility index (Phi) is 4.29. The average Bonchev–Trinajstić information content (AvgIpc) is 2.38. The van der Waals surface area contributed by atoms with Gasteiger partial charge in [0, 0.05) is 29.2 Å². The van der Waals surface area contributed by atoms with Crippen molar-refractivity contribution in [1.82, 2.24) is 5.32 Å². The van der Waals surface area contributed by atoms with Gasteiger partial charge in [-0.3, -0.25) is 0 Å². The standard InChI is InChI=1S/C13H18FNOS/c1-3-9-7-17-8-11(15-9)13-10(14)5-4-6-12(13)16-2/h4-6,9,11,15H,3,7-8H2,1-2H3. The molecule has 1 aromatic carbocycles. The van der Waals surface area contributed by atoms with Gasteiger partial charge in [-0.15, -0.1) is 0 Å². The van der Waals surface area contributed by atoms with E-state index in [9.17, 15) is 4.39 Å². The van der Waals surface area contributed by atoms with E-state index in [4.69, 9.17) is 4.74 Å². The van der Waals surface area contributed by atoms with Crippen molar-refractivity contribution in [2.24, 2.45) is 0 Å². The Morgan fingerprint density at radius 1 is 1.47 bits per heavy atom. The number of benzene rings is 1. The third kappa shape index (κ3) is 2.75. The van der Waals surface area contributed by atoms with E-state index < -0.39 is 0 Å². The first-order valence-corrected chi connectivity index (χ1v) is 7.08. The van der Waals surface area contributed by atoms with Gasteiger partial charge in [0.2, 0.25) is 0 Å². The van der Waals surface area contributed by atoms with Crippen LogP contribution in [0.25, 0.3) is 0 Å². The van der Waals surface area contributed by atoms with Crippen LogP contribution in [-0.2, 0) is 0 Å². The Bertz CT molecular complexity index is 386. The van der Waals surface area contributed by atoms with Gasteiger partial charge in [-0.05, 0) is 18.6 Å². The number of nitrogens with one attached hydrogen (secondary N) is 1. The van der Waals surface area contributed by atoms with E-state index >= 15 is 0 Å². The van der Waals surface area contributed by atoms with Gasteiger partial charge in [0.15, 0.2) is 0 Å². The molecule has 1 aromatic rings. The van der Waals surface area contributed by atoms with E-state index in [1.807, 2.05) is 17.8 Å². The minimum Gasteiger partial charge on any atom is -0.496 e. The third-order valence-corrected chi connectivity index (χ3v) is 4.32. The molecule has 2 atom stereocenters. The average molecular weight is 255 g/mol.